The van der Waals surface area contributed by atoms with Crippen LogP contribution < -0.4 is 0 Å². The van der Waals surface area contributed by atoms with Crippen LogP contribution in [0.3, 0.4) is 0 Å². The van der Waals surface area contributed by atoms with E-state index in [1.807, 2.05) is 0 Å². The molecule has 0 radical (unpaired) electrons. The third-order valence-electron chi connectivity index (χ3n) is 1.52. The second-order valence-corrected chi connectivity index (χ2v) is 2.48. The van der Waals surface area contributed by atoms with Gasteiger partial charge in [0.1, 0.15) is 0 Å². The Hall–Kier alpha value is -0.677. The van der Waals surface area contributed by atoms with Gasteiger partial charge in [-0.15, -0.1) is 6.07 Å². The Morgan fingerprint density at radius 2 is 1.65 bits per heavy atom. The summed E-state index contributed by atoms with van der Waals surface area (Å²) < 4.78 is 55.2. The maximum atomic E-state index is 12.9. The molecule has 0 heterocycles. The molecule has 0 saturated carbocycles. The molecule has 1 rings (SSSR count). The number of benzene rings is 1. The van der Waals surface area contributed by atoms with Gasteiger partial charge in [-0.2, -0.15) is 0 Å². The molecule has 90 valence electrons. The van der Waals surface area contributed by atoms with Gasteiger partial charge in [0.2, 0.25) is 0 Å². The van der Waals surface area contributed by atoms with Crippen LogP contribution in [0.2, 0.25) is 0 Å². The predicted molar refractivity (Wildman–Crippen MR) is 46.9 cm³/mol. The summed E-state index contributed by atoms with van der Waals surface area (Å²) in [6.45, 7) is 1.22. The van der Waals surface area contributed by atoms with Crippen molar-refractivity contribution >= 4 is 15.7 Å². The van der Waals surface area contributed by atoms with Crippen LogP contribution in [0.25, 0.3) is 0 Å². The number of carbonyl (C=O) groups excluding carboxylic acids is 1. The van der Waals surface area contributed by atoms with Gasteiger partial charge >= 0.3 is 33.0 Å². The molecule has 2 nitrogen and oxygen atoms in total. The molecule has 0 fully saturated rings. The van der Waals surface area contributed by atoms with Crippen molar-refractivity contribution in [1.82, 2.24) is 0 Å². The van der Waals surface area contributed by atoms with E-state index in [9.17, 15) is 22.4 Å². The Morgan fingerprint density at radius 3 is 2.00 bits per heavy atom. The van der Waals surface area contributed by atoms with Crippen LogP contribution in [-0.2, 0) is 22.0 Å². The standard InChI is InChI=1S/C9H5F4O2.ClH.Zn/c1-2-15-9(14)6-7(12)4(10)3-5(11)8(6)13;;/h2H2,1H3;1H;/q-1;;+2/p-1. The van der Waals surface area contributed by atoms with Crippen LogP contribution in [0, 0.1) is 29.3 Å². The number of esters is 1. The van der Waals surface area contributed by atoms with E-state index >= 15 is 0 Å². The summed E-state index contributed by atoms with van der Waals surface area (Å²) in [5.41, 5.74) is -1.38. The number of halogens is 5. The van der Waals surface area contributed by atoms with E-state index in [-0.39, 0.29) is 6.61 Å². The summed E-state index contributed by atoms with van der Waals surface area (Å²) in [7, 11) is 4.76. The molecule has 0 aliphatic rings. The molecule has 17 heavy (non-hydrogen) atoms. The summed E-state index contributed by atoms with van der Waals surface area (Å²) in [6, 6.07) is 1.15. The van der Waals surface area contributed by atoms with E-state index in [2.05, 4.69) is 4.74 Å². The van der Waals surface area contributed by atoms with Crippen molar-refractivity contribution in [3.63, 3.8) is 0 Å². The van der Waals surface area contributed by atoms with Crippen LogP contribution in [0.15, 0.2) is 0 Å². The molecule has 0 saturated heterocycles. The Balaban J connectivity index is 0.00000121. The van der Waals surface area contributed by atoms with E-state index in [1.165, 1.54) is 6.92 Å². The first-order chi connectivity index (χ1) is 7.99. The van der Waals surface area contributed by atoms with E-state index in [0.29, 0.717) is 0 Å². The van der Waals surface area contributed by atoms with Gasteiger partial charge in [-0.3, -0.25) is 8.78 Å². The number of hydrogen-bond donors (Lipinski definition) is 0. The van der Waals surface area contributed by atoms with Crippen LogP contribution in [-0.4, -0.2) is 12.6 Å². The fourth-order valence-corrected chi connectivity index (χ4v) is 0.904. The molecule has 0 aromatic heterocycles. The quantitative estimate of drug-likeness (QED) is 0.275. The van der Waals surface area contributed by atoms with Gasteiger partial charge in [0, 0.05) is 17.2 Å². The van der Waals surface area contributed by atoms with Gasteiger partial charge in [0.25, 0.3) is 0 Å². The van der Waals surface area contributed by atoms with Gasteiger partial charge in [-0.05, 0) is 6.92 Å². The number of carbonyl (C=O) groups is 1. The topological polar surface area (TPSA) is 26.3 Å². The molecule has 0 unspecified atom stereocenters. The monoisotopic (exact) mass is 320 g/mol. The number of ether oxygens (including phenoxy) is 1. The average Bonchev–Trinajstić information content (AvgIpc) is 2.30. The SMILES string of the molecule is CCOC(=O)c1c(F)c(F)[c-]c(F)c1F.[Cl][Zn+]. The van der Waals surface area contributed by atoms with Crippen LogP contribution in [0.1, 0.15) is 17.3 Å². The number of hydrogen-bond acceptors (Lipinski definition) is 2. The van der Waals surface area contributed by atoms with Gasteiger partial charge in [-0.25, -0.2) is 13.6 Å². The summed E-state index contributed by atoms with van der Waals surface area (Å²) >= 11 is 0.847. The van der Waals surface area contributed by atoms with E-state index in [1.54, 1.807) is 0 Å². The third-order valence-corrected chi connectivity index (χ3v) is 1.52. The van der Waals surface area contributed by atoms with Gasteiger partial charge in [-0.1, -0.05) is 0 Å². The van der Waals surface area contributed by atoms with Crippen LogP contribution in [0.5, 0.6) is 0 Å². The molecule has 0 spiro atoms. The first-order valence-corrected chi connectivity index (χ1v) is 8.08. The van der Waals surface area contributed by atoms with Crippen molar-refractivity contribution in [3.8, 4) is 0 Å². The fourth-order valence-electron chi connectivity index (χ4n) is 0.904. The molecule has 0 amide bonds. The summed E-state index contributed by atoms with van der Waals surface area (Å²) in [6.07, 6.45) is 0. The molecule has 0 N–H and O–H groups in total. The van der Waals surface area contributed by atoms with Crippen molar-refractivity contribution in [2.75, 3.05) is 6.61 Å². The molecule has 0 aliphatic heterocycles. The Morgan fingerprint density at radius 1 is 1.24 bits per heavy atom. The fraction of sp³-hybridized carbons (Fsp3) is 0.222. The first kappa shape index (κ1) is 16.3. The van der Waals surface area contributed by atoms with Crippen LogP contribution in [0.4, 0.5) is 17.6 Å². The normalized spacial score (nSPS) is 9.41. The zero-order chi connectivity index (χ0) is 13.6. The third kappa shape index (κ3) is 3.93. The van der Waals surface area contributed by atoms with E-state index in [0.717, 1.165) is 23.4 Å². The zero-order valence-electron chi connectivity index (χ0n) is 8.62. The van der Waals surface area contributed by atoms with Crippen LogP contribution >= 0.6 is 9.69 Å². The van der Waals surface area contributed by atoms with Crippen molar-refractivity contribution in [2.24, 2.45) is 0 Å². The van der Waals surface area contributed by atoms with Gasteiger partial charge in [0.05, 0.1) is 18.2 Å². The van der Waals surface area contributed by atoms with Gasteiger partial charge in [0.15, 0.2) is 0 Å². The van der Waals surface area contributed by atoms with Crippen molar-refractivity contribution in [3.05, 3.63) is 34.9 Å². The molecular formula is C9H5ClF4O2Zn. The average molecular weight is 322 g/mol. The summed E-state index contributed by atoms with van der Waals surface area (Å²) in [4.78, 5) is 10.9. The summed E-state index contributed by atoms with van der Waals surface area (Å²) in [5, 5.41) is 0. The van der Waals surface area contributed by atoms with Crippen molar-refractivity contribution in [2.45, 2.75) is 6.92 Å². The Kier molecular flexibility index (Phi) is 7.31. The maximum absolute atomic E-state index is 12.9. The first-order valence-electron chi connectivity index (χ1n) is 4.18. The molecule has 1 aromatic carbocycles. The minimum atomic E-state index is -1.81. The minimum absolute atomic E-state index is 0.167. The Bertz CT molecular complexity index is 388. The summed E-state index contributed by atoms with van der Waals surface area (Å²) in [5.74, 6) is -8.62. The van der Waals surface area contributed by atoms with Gasteiger partial charge < -0.3 is 4.74 Å². The molecular weight excluding hydrogens is 317 g/mol. The molecule has 1 aromatic rings. The molecule has 0 aliphatic carbocycles. The second-order valence-electron chi connectivity index (χ2n) is 2.48. The number of rotatable bonds is 2. The van der Waals surface area contributed by atoms with Crippen molar-refractivity contribution in [1.29, 1.82) is 0 Å². The molecule has 0 bridgehead atoms. The Labute approximate surface area is 109 Å². The van der Waals surface area contributed by atoms with E-state index < -0.39 is 34.8 Å². The zero-order valence-corrected chi connectivity index (χ0v) is 12.3. The second kappa shape index (κ2) is 7.61. The van der Waals surface area contributed by atoms with E-state index in [4.69, 9.17) is 9.69 Å². The predicted octanol–water partition coefficient (Wildman–Crippen LogP) is 2.91. The molecule has 0 atom stereocenters. The van der Waals surface area contributed by atoms with Crippen molar-refractivity contribution < 1.29 is 44.4 Å². The molecule has 8 heteroatoms.